The number of hydrogen-bond donors (Lipinski definition) is 1. The Labute approximate surface area is 85.7 Å². The summed E-state index contributed by atoms with van der Waals surface area (Å²) in [6, 6.07) is 3.69. The van der Waals surface area contributed by atoms with E-state index in [1.54, 1.807) is 0 Å². The lowest BCUT2D eigenvalue weighted by Crippen LogP contribution is -1.89. The smallest absolute Gasteiger partial charge is 0.121 e. The average Bonchev–Trinajstić information content (AvgIpc) is 2.09. The summed E-state index contributed by atoms with van der Waals surface area (Å²) in [5, 5.41) is 9.61. The summed E-state index contributed by atoms with van der Waals surface area (Å²) < 4.78 is 0.934. The molecule has 0 saturated carbocycles. The van der Waals surface area contributed by atoms with Crippen LogP contribution in [0.3, 0.4) is 0 Å². The van der Waals surface area contributed by atoms with Crippen molar-refractivity contribution in [3.05, 3.63) is 27.7 Å². The number of benzene rings is 1. The van der Waals surface area contributed by atoms with Gasteiger partial charge in [0.05, 0.1) is 0 Å². The summed E-state index contributed by atoms with van der Waals surface area (Å²) in [5.41, 5.74) is 1.65. The van der Waals surface area contributed by atoms with Crippen molar-refractivity contribution in [3.63, 3.8) is 0 Å². The Kier molecular flexibility index (Phi) is 3.48. The zero-order valence-corrected chi connectivity index (χ0v) is 8.97. The summed E-state index contributed by atoms with van der Waals surface area (Å²) in [6.45, 7) is 1.84. The molecule has 0 amide bonds. The third-order valence-corrected chi connectivity index (χ3v) is 2.33. The van der Waals surface area contributed by atoms with Crippen LogP contribution in [-0.4, -0.2) is 11.4 Å². The zero-order valence-electron chi connectivity index (χ0n) is 7.38. The Bertz CT molecular complexity index is 321. The largest absolute Gasteiger partial charge is 0.507 e. The van der Waals surface area contributed by atoms with Crippen LogP contribution in [0.15, 0.2) is 16.6 Å². The molecule has 0 aromatic heterocycles. The first-order chi connectivity index (χ1) is 6.15. The zero-order chi connectivity index (χ0) is 9.84. The Balaban J connectivity index is 2.98. The van der Waals surface area contributed by atoms with Gasteiger partial charge in [-0.25, -0.2) is 0 Å². The van der Waals surface area contributed by atoms with Crippen LogP contribution in [0.4, 0.5) is 0 Å². The Hall–Kier alpha value is -0.830. The molecule has 2 nitrogen and oxygen atoms in total. The lowest BCUT2D eigenvalue weighted by Gasteiger charge is -2.06. The van der Waals surface area contributed by atoms with Crippen LogP contribution >= 0.6 is 15.9 Å². The highest BCUT2D eigenvalue weighted by molar-refractivity contribution is 9.10. The Morgan fingerprint density at radius 3 is 2.85 bits per heavy atom. The van der Waals surface area contributed by atoms with Crippen molar-refractivity contribution in [2.24, 2.45) is 0 Å². The van der Waals surface area contributed by atoms with Gasteiger partial charge in [-0.05, 0) is 36.6 Å². The van der Waals surface area contributed by atoms with Gasteiger partial charge in [0.15, 0.2) is 0 Å². The third kappa shape index (κ3) is 2.56. The molecule has 0 saturated heterocycles. The fourth-order valence-corrected chi connectivity index (χ4v) is 1.83. The molecule has 70 valence electrons. The molecule has 0 fully saturated rings. The molecule has 0 radical (unpaired) electrons. The van der Waals surface area contributed by atoms with E-state index in [-0.39, 0.29) is 0 Å². The molecule has 13 heavy (non-hydrogen) atoms. The van der Waals surface area contributed by atoms with Crippen LogP contribution in [0, 0.1) is 6.92 Å². The minimum absolute atomic E-state index is 0.296. The monoisotopic (exact) mass is 242 g/mol. The summed E-state index contributed by atoms with van der Waals surface area (Å²) >= 11 is 3.34. The molecule has 1 aromatic rings. The Morgan fingerprint density at radius 2 is 2.23 bits per heavy atom. The number of rotatable bonds is 3. The molecule has 3 heteroatoms. The van der Waals surface area contributed by atoms with Gasteiger partial charge in [0.25, 0.3) is 0 Å². The number of aromatic hydroxyl groups is 1. The standard InChI is InChI=1S/C10H11BrO2/c1-7-5-9(11)6-8(10(7)13)3-2-4-12/h4-6,13H,2-3H2,1H3. The maximum Gasteiger partial charge on any atom is 0.121 e. The van der Waals surface area contributed by atoms with Crippen LogP contribution < -0.4 is 0 Å². The number of aldehydes is 1. The predicted molar refractivity (Wildman–Crippen MR) is 54.9 cm³/mol. The van der Waals surface area contributed by atoms with Crippen molar-refractivity contribution < 1.29 is 9.90 Å². The van der Waals surface area contributed by atoms with E-state index in [2.05, 4.69) is 15.9 Å². The van der Waals surface area contributed by atoms with Crippen LogP contribution in [0.5, 0.6) is 5.75 Å². The molecule has 0 aliphatic heterocycles. The number of phenols is 1. The van der Waals surface area contributed by atoms with E-state index < -0.39 is 0 Å². The van der Waals surface area contributed by atoms with E-state index >= 15 is 0 Å². The van der Waals surface area contributed by atoms with Crippen LogP contribution in [0.25, 0.3) is 0 Å². The summed E-state index contributed by atoms with van der Waals surface area (Å²) in [7, 11) is 0. The van der Waals surface area contributed by atoms with E-state index in [0.29, 0.717) is 18.6 Å². The maximum atomic E-state index is 10.2. The molecule has 0 aliphatic rings. The number of aryl methyl sites for hydroxylation is 2. The summed E-state index contributed by atoms with van der Waals surface area (Å²) in [6.07, 6.45) is 1.90. The van der Waals surface area contributed by atoms with Crippen molar-refractivity contribution in [1.82, 2.24) is 0 Å². The van der Waals surface area contributed by atoms with Crippen molar-refractivity contribution >= 4 is 22.2 Å². The molecule has 1 rings (SSSR count). The van der Waals surface area contributed by atoms with Crippen molar-refractivity contribution in [1.29, 1.82) is 0 Å². The second-order valence-electron chi connectivity index (χ2n) is 2.94. The highest BCUT2D eigenvalue weighted by Crippen LogP contribution is 2.27. The van der Waals surface area contributed by atoms with Gasteiger partial charge < -0.3 is 9.90 Å². The lowest BCUT2D eigenvalue weighted by atomic mass is 10.1. The minimum atomic E-state index is 0.296. The molecular formula is C10H11BrO2. The molecule has 0 spiro atoms. The van der Waals surface area contributed by atoms with Crippen LogP contribution in [0.1, 0.15) is 17.5 Å². The Morgan fingerprint density at radius 1 is 1.54 bits per heavy atom. The molecule has 0 unspecified atom stereocenters. The molecular weight excluding hydrogens is 232 g/mol. The predicted octanol–water partition coefficient (Wildman–Crippen LogP) is 2.59. The highest BCUT2D eigenvalue weighted by Gasteiger charge is 2.05. The minimum Gasteiger partial charge on any atom is -0.507 e. The van der Waals surface area contributed by atoms with Gasteiger partial charge in [0.2, 0.25) is 0 Å². The normalized spacial score (nSPS) is 10.0. The lowest BCUT2D eigenvalue weighted by molar-refractivity contribution is -0.107. The summed E-state index contributed by atoms with van der Waals surface area (Å²) in [5.74, 6) is 0.296. The van der Waals surface area contributed by atoms with E-state index in [9.17, 15) is 9.90 Å². The number of phenolic OH excluding ortho intramolecular Hbond substituents is 1. The van der Waals surface area contributed by atoms with Gasteiger partial charge in [-0.2, -0.15) is 0 Å². The van der Waals surface area contributed by atoms with Crippen molar-refractivity contribution in [3.8, 4) is 5.75 Å². The van der Waals surface area contributed by atoms with Gasteiger partial charge in [0.1, 0.15) is 12.0 Å². The van der Waals surface area contributed by atoms with Crippen LogP contribution in [-0.2, 0) is 11.2 Å². The second-order valence-corrected chi connectivity index (χ2v) is 3.85. The number of halogens is 1. The van der Waals surface area contributed by atoms with E-state index in [0.717, 1.165) is 21.9 Å². The molecule has 1 aromatic carbocycles. The first-order valence-corrected chi connectivity index (χ1v) is 4.86. The average molecular weight is 243 g/mol. The molecule has 0 aliphatic carbocycles. The van der Waals surface area contributed by atoms with E-state index in [4.69, 9.17) is 0 Å². The first-order valence-electron chi connectivity index (χ1n) is 4.06. The van der Waals surface area contributed by atoms with Crippen molar-refractivity contribution in [2.45, 2.75) is 19.8 Å². The van der Waals surface area contributed by atoms with Crippen molar-refractivity contribution in [2.75, 3.05) is 0 Å². The van der Waals surface area contributed by atoms with Crippen LogP contribution in [0.2, 0.25) is 0 Å². The van der Waals surface area contributed by atoms with Gasteiger partial charge in [0, 0.05) is 10.9 Å². The van der Waals surface area contributed by atoms with Gasteiger partial charge in [-0.15, -0.1) is 0 Å². The van der Waals surface area contributed by atoms with Gasteiger partial charge in [-0.1, -0.05) is 15.9 Å². The van der Waals surface area contributed by atoms with Gasteiger partial charge in [-0.3, -0.25) is 0 Å². The topological polar surface area (TPSA) is 37.3 Å². The third-order valence-electron chi connectivity index (χ3n) is 1.88. The molecule has 0 atom stereocenters. The highest BCUT2D eigenvalue weighted by atomic mass is 79.9. The maximum absolute atomic E-state index is 10.2. The summed E-state index contributed by atoms with van der Waals surface area (Å²) in [4.78, 5) is 10.2. The SMILES string of the molecule is Cc1cc(Br)cc(CCC=O)c1O. The fraction of sp³-hybridized carbons (Fsp3) is 0.300. The van der Waals surface area contributed by atoms with Gasteiger partial charge >= 0.3 is 0 Å². The molecule has 1 N–H and O–H groups in total. The van der Waals surface area contributed by atoms with E-state index in [1.807, 2.05) is 19.1 Å². The number of hydrogen-bond acceptors (Lipinski definition) is 2. The second kappa shape index (κ2) is 4.42. The number of carbonyl (C=O) groups is 1. The number of carbonyl (C=O) groups excluding carboxylic acids is 1. The first kappa shape index (κ1) is 10.3. The quantitative estimate of drug-likeness (QED) is 0.828. The molecule has 0 bridgehead atoms. The van der Waals surface area contributed by atoms with E-state index in [1.165, 1.54) is 0 Å². The fourth-order valence-electron chi connectivity index (χ4n) is 1.21. The molecule has 0 heterocycles.